The van der Waals surface area contributed by atoms with E-state index in [1.54, 1.807) is 11.3 Å². The summed E-state index contributed by atoms with van der Waals surface area (Å²) in [5.41, 5.74) is 1.17. The predicted octanol–water partition coefficient (Wildman–Crippen LogP) is 3.64. The molecule has 1 aromatic rings. The fourth-order valence-electron chi connectivity index (χ4n) is 1.88. The van der Waals surface area contributed by atoms with Crippen molar-refractivity contribution >= 4 is 17.3 Å². The first kappa shape index (κ1) is 17.1. The number of aliphatic carboxylic acids is 1. The molecule has 1 rings (SSSR count). The molecule has 0 amide bonds. The summed E-state index contributed by atoms with van der Waals surface area (Å²) in [6.07, 6.45) is 1.94. The molecule has 1 heterocycles. The van der Waals surface area contributed by atoms with Gasteiger partial charge in [0.1, 0.15) is 0 Å². The number of rotatable bonds is 9. The molecule has 0 unspecified atom stereocenters. The zero-order valence-corrected chi connectivity index (χ0v) is 13.7. The summed E-state index contributed by atoms with van der Waals surface area (Å²) >= 11 is 1.72. The second kappa shape index (κ2) is 7.74. The van der Waals surface area contributed by atoms with Crippen molar-refractivity contribution in [2.24, 2.45) is 5.41 Å². The molecule has 114 valence electrons. The Morgan fingerprint density at radius 3 is 2.70 bits per heavy atom. The Balaban J connectivity index is 2.25. The van der Waals surface area contributed by atoms with Gasteiger partial charge in [0.25, 0.3) is 0 Å². The lowest BCUT2D eigenvalue weighted by atomic mass is 9.84. The maximum Gasteiger partial charge on any atom is 0.303 e. The number of hydrogen-bond acceptors (Lipinski definition) is 4. The number of carboxylic acids is 1. The third-order valence-electron chi connectivity index (χ3n) is 3.36. The highest BCUT2D eigenvalue weighted by Crippen LogP contribution is 2.26. The Morgan fingerprint density at radius 1 is 1.45 bits per heavy atom. The highest BCUT2D eigenvalue weighted by molar-refractivity contribution is 7.09. The SMILES string of the molecule is CC(C)c1nc(CNCCC(C)(C)CCC(=O)O)cs1. The Kier molecular flexibility index (Phi) is 6.62. The van der Waals surface area contributed by atoms with Crippen LogP contribution in [0.2, 0.25) is 0 Å². The van der Waals surface area contributed by atoms with Gasteiger partial charge in [-0.25, -0.2) is 4.98 Å². The predicted molar refractivity (Wildman–Crippen MR) is 83.2 cm³/mol. The van der Waals surface area contributed by atoms with E-state index < -0.39 is 5.97 Å². The first-order valence-electron chi connectivity index (χ1n) is 7.17. The van der Waals surface area contributed by atoms with Gasteiger partial charge < -0.3 is 10.4 Å². The number of nitrogens with zero attached hydrogens (tertiary/aromatic N) is 1. The van der Waals surface area contributed by atoms with Crippen LogP contribution in [0, 0.1) is 5.41 Å². The average Bonchev–Trinajstić information content (AvgIpc) is 2.81. The van der Waals surface area contributed by atoms with Crippen molar-refractivity contribution < 1.29 is 9.90 Å². The normalized spacial score (nSPS) is 12.1. The van der Waals surface area contributed by atoms with Crippen molar-refractivity contribution in [1.82, 2.24) is 10.3 Å². The van der Waals surface area contributed by atoms with Crippen LogP contribution in [-0.2, 0) is 11.3 Å². The van der Waals surface area contributed by atoms with Crippen LogP contribution in [0.3, 0.4) is 0 Å². The van der Waals surface area contributed by atoms with E-state index in [0.717, 1.165) is 31.6 Å². The van der Waals surface area contributed by atoms with Gasteiger partial charge in [0.05, 0.1) is 10.7 Å². The molecule has 0 aliphatic heterocycles. The van der Waals surface area contributed by atoms with Crippen LogP contribution in [0.25, 0.3) is 0 Å². The summed E-state index contributed by atoms with van der Waals surface area (Å²) < 4.78 is 0. The van der Waals surface area contributed by atoms with E-state index in [0.29, 0.717) is 5.92 Å². The summed E-state index contributed by atoms with van der Waals surface area (Å²) in [7, 11) is 0. The maximum absolute atomic E-state index is 10.6. The largest absolute Gasteiger partial charge is 0.481 e. The van der Waals surface area contributed by atoms with Crippen LogP contribution in [0.15, 0.2) is 5.38 Å². The summed E-state index contributed by atoms with van der Waals surface area (Å²) in [5, 5.41) is 15.4. The van der Waals surface area contributed by atoms with Crippen molar-refractivity contribution in [3.05, 3.63) is 16.1 Å². The molecule has 0 saturated carbocycles. The van der Waals surface area contributed by atoms with Gasteiger partial charge in [-0.15, -0.1) is 11.3 Å². The van der Waals surface area contributed by atoms with E-state index in [9.17, 15) is 4.79 Å². The Bertz CT molecular complexity index is 427. The minimum atomic E-state index is -0.713. The molecule has 5 heteroatoms. The highest BCUT2D eigenvalue weighted by Gasteiger charge is 2.18. The molecule has 0 spiro atoms. The van der Waals surface area contributed by atoms with Gasteiger partial charge >= 0.3 is 5.97 Å². The quantitative estimate of drug-likeness (QED) is 0.683. The molecule has 4 nitrogen and oxygen atoms in total. The van der Waals surface area contributed by atoms with Gasteiger partial charge in [0.15, 0.2) is 0 Å². The molecule has 0 fully saturated rings. The minimum Gasteiger partial charge on any atom is -0.481 e. The molecule has 0 atom stereocenters. The van der Waals surface area contributed by atoms with E-state index in [-0.39, 0.29) is 11.8 Å². The fraction of sp³-hybridized carbons (Fsp3) is 0.733. The standard InChI is InChI=1S/C15H26N2O2S/c1-11(2)14-17-12(10-20-14)9-16-8-7-15(3,4)6-5-13(18)19/h10-11,16H,5-9H2,1-4H3,(H,18,19). The molecule has 0 radical (unpaired) electrons. The van der Waals surface area contributed by atoms with Crippen molar-refractivity contribution in [3.8, 4) is 0 Å². The number of nitrogens with one attached hydrogen (secondary N) is 1. The molecular formula is C15H26N2O2S. The Hall–Kier alpha value is -0.940. The number of carbonyl (C=O) groups is 1. The monoisotopic (exact) mass is 298 g/mol. The van der Waals surface area contributed by atoms with Gasteiger partial charge in [-0.1, -0.05) is 27.7 Å². The van der Waals surface area contributed by atoms with E-state index in [1.165, 1.54) is 5.01 Å². The first-order valence-corrected chi connectivity index (χ1v) is 8.05. The highest BCUT2D eigenvalue weighted by atomic mass is 32.1. The smallest absolute Gasteiger partial charge is 0.303 e. The van der Waals surface area contributed by atoms with Crippen LogP contribution in [0.4, 0.5) is 0 Å². The lowest BCUT2D eigenvalue weighted by molar-refractivity contribution is -0.137. The Morgan fingerprint density at radius 2 is 2.15 bits per heavy atom. The van der Waals surface area contributed by atoms with E-state index in [4.69, 9.17) is 5.11 Å². The van der Waals surface area contributed by atoms with Crippen LogP contribution >= 0.6 is 11.3 Å². The number of carboxylic acid groups (broad SMARTS) is 1. The maximum atomic E-state index is 10.6. The summed E-state index contributed by atoms with van der Waals surface area (Å²) in [5.74, 6) is -0.224. The zero-order valence-electron chi connectivity index (χ0n) is 12.9. The van der Waals surface area contributed by atoms with E-state index >= 15 is 0 Å². The summed E-state index contributed by atoms with van der Waals surface area (Å²) in [4.78, 5) is 15.2. The van der Waals surface area contributed by atoms with E-state index in [2.05, 4.69) is 43.4 Å². The molecule has 1 aromatic heterocycles. The lowest BCUT2D eigenvalue weighted by Crippen LogP contribution is -2.23. The lowest BCUT2D eigenvalue weighted by Gasteiger charge is -2.23. The molecule has 2 N–H and O–H groups in total. The van der Waals surface area contributed by atoms with Crippen LogP contribution in [-0.4, -0.2) is 22.6 Å². The number of thiazole rings is 1. The van der Waals surface area contributed by atoms with Gasteiger partial charge in [0.2, 0.25) is 0 Å². The minimum absolute atomic E-state index is 0.0660. The van der Waals surface area contributed by atoms with Gasteiger partial charge in [-0.2, -0.15) is 0 Å². The topological polar surface area (TPSA) is 62.2 Å². The van der Waals surface area contributed by atoms with Crippen LogP contribution in [0.1, 0.15) is 63.6 Å². The van der Waals surface area contributed by atoms with Crippen LogP contribution in [0.5, 0.6) is 0 Å². The third kappa shape index (κ3) is 6.48. The summed E-state index contributed by atoms with van der Waals surface area (Å²) in [6.45, 7) is 10.2. The van der Waals surface area contributed by atoms with Crippen LogP contribution < -0.4 is 5.32 Å². The zero-order chi connectivity index (χ0) is 15.2. The van der Waals surface area contributed by atoms with Crippen molar-refractivity contribution in [3.63, 3.8) is 0 Å². The molecular weight excluding hydrogens is 272 g/mol. The van der Waals surface area contributed by atoms with E-state index in [1.807, 2.05) is 0 Å². The van der Waals surface area contributed by atoms with Crippen molar-refractivity contribution in [1.29, 1.82) is 0 Å². The Labute approximate surface area is 125 Å². The van der Waals surface area contributed by atoms with Gasteiger partial charge in [0, 0.05) is 24.3 Å². The molecule has 0 aliphatic rings. The fourth-order valence-corrected chi connectivity index (χ4v) is 2.72. The van der Waals surface area contributed by atoms with Gasteiger partial charge in [-0.3, -0.25) is 4.79 Å². The molecule has 0 aromatic carbocycles. The second-order valence-electron chi connectivity index (χ2n) is 6.32. The molecule has 0 bridgehead atoms. The molecule has 0 saturated heterocycles. The first-order chi connectivity index (χ1) is 9.30. The second-order valence-corrected chi connectivity index (χ2v) is 7.21. The van der Waals surface area contributed by atoms with Crippen molar-refractivity contribution in [2.45, 2.75) is 59.4 Å². The number of hydrogen-bond donors (Lipinski definition) is 2. The average molecular weight is 298 g/mol. The summed E-state index contributed by atoms with van der Waals surface area (Å²) in [6, 6.07) is 0. The third-order valence-corrected chi connectivity index (χ3v) is 4.56. The number of aromatic nitrogens is 1. The molecule has 20 heavy (non-hydrogen) atoms. The van der Waals surface area contributed by atoms with Crippen molar-refractivity contribution in [2.75, 3.05) is 6.54 Å². The van der Waals surface area contributed by atoms with Gasteiger partial charge in [-0.05, 0) is 24.8 Å². The molecule has 0 aliphatic carbocycles.